The number of hydrogen-bond acceptors (Lipinski definition) is 5. The van der Waals surface area contributed by atoms with Gasteiger partial charge >= 0.3 is 0 Å². The predicted octanol–water partition coefficient (Wildman–Crippen LogP) is 2.99. The van der Waals surface area contributed by atoms with Crippen LogP contribution in [0.25, 0.3) is 0 Å². The number of thiazole rings is 1. The molecule has 5 nitrogen and oxygen atoms in total. The second kappa shape index (κ2) is 6.21. The minimum atomic E-state index is -3.61. The van der Waals surface area contributed by atoms with Crippen molar-refractivity contribution in [3.05, 3.63) is 39.8 Å². The van der Waals surface area contributed by atoms with Gasteiger partial charge in [0, 0.05) is 6.04 Å². The Hall–Kier alpha value is -0.960. The highest BCUT2D eigenvalue weighted by Crippen LogP contribution is 2.26. The number of hydrogen-bond donors (Lipinski definition) is 2. The molecule has 8 heteroatoms. The van der Waals surface area contributed by atoms with Crippen molar-refractivity contribution in [1.29, 1.82) is 0 Å². The summed E-state index contributed by atoms with van der Waals surface area (Å²) in [7, 11) is -1.78. The van der Waals surface area contributed by atoms with Crippen molar-refractivity contribution in [2.45, 2.75) is 17.9 Å². The van der Waals surface area contributed by atoms with Crippen LogP contribution in [0.3, 0.4) is 0 Å². The Morgan fingerprint density at radius 1 is 1.40 bits per heavy atom. The van der Waals surface area contributed by atoms with Crippen molar-refractivity contribution in [3.8, 4) is 0 Å². The van der Waals surface area contributed by atoms with E-state index in [1.165, 1.54) is 11.3 Å². The van der Waals surface area contributed by atoms with E-state index >= 15 is 0 Å². The van der Waals surface area contributed by atoms with Gasteiger partial charge in [-0.1, -0.05) is 23.5 Å². The van der Waals surface area contributed by atoms with Gasteiger partial charge in [-0.05, 0) is 47.6 Å². The molecule has 0 spiro atoms. The van der Waals surface area contributed by atoms with Gasteiger partial charge in [0.05, 0.1) is 14.9 Å². The lowest BCUT2D eigenvalue weighted by molar-refractivity contribution is 0.600. The maximum atomic E-state index is 12.3. The van der Waals surface area contributed by atoms with Crippen LogP contribution in [-0.2, 0) is 10.0 Å². The third-order valence-corrected chi connectivity index (χ3v) is 5.66. The summed E-state index contributed by atoms with van der Waals surface area (Å²) in [5.74, 6) is 0. The molecule has 0 aliphatic carbocycles. The van der Waals surface area contributed by atoms with E-state index in [0.717, 1.165) is 9.35 Å². The maximum Gasteiger partial charge on any atom is 0.263 e. The minimum Gasteiger partial charge on any atom is -0.313 e. The van der Waals surface area contributed by atoms with Crippen LogP contribution in [0.4, 0.5) is 5.13 Å². The fourth-order valence-corrected chi connectivity index (χ4v) is 4.00. The zero-order chi connectivity index (χ0) is 14.8. The van der Waals surface area contributed by atoms with E-state index in [-0.39, 0.29) is 10.9 Å². The Labute approximate surface area is 130 Å². The van der Waals surface area contributed by atoms with Gasteiger partial charge in [0.25, 0.3) is 10.0 Å². The molecule has 2 aromatic rings. The van der Waals surface area contributed by atoms with Gasteiger partial charge < -0.3 is 5.32 Å². The summed E-state index contributed by atoms with van der Waals surface area (Å²) in [6, 6.07) is 6.93. The summed E-state index contributed by atoms with van der Waals surface area (Å²) >= 11 is 4.48. The van der Waals surface area contributed by atoms with E-state index in [2.05, 4.69) is 31.0 Å². The molecule has 2 N–H and O–H groups in total. The van der Waals surface area contributed by atoms with Crippen LogP contribution in [0.15, 0.2) is 39.1 Å². The van der Waals surface area contributed by atoms with Crippen LogP contribution in [0.5, 0.6) is 0 Å². The van der Waals surface area contributed by atoms with Gasteiger partial charge in [-0.25, -0.2) is 13.4 Å². The summed E-state index contributed by atoms with van der Waals surface area (Å²) in [5, 5.41) is 3.42. The van der Waals surface area contributed by atoms with Crippen LogP contribution >= 0.6 is 27.3 Å². The van der Waals surface area contributed by atoms with E-state index in [4.69, 9.17) is 0 Å². The quantitative estimate of drug-likeness (QED) is 0.842. The molecule has 0 radical (unpaired) electrons. The molecule has 1 aromatic heterocycles. The molecule has 0 saturated heterocycles. The smallest absolute Gasteiger partial charge is 0.263 e. The van der Waals surface area contributed by atoms with Crippen LogP contribution in [0.1, 0.15) is 18.5 Å². The van der Waals surface area contributed by atoms with Gasteiger partial charge in [-0.2, -0.15) is 0 Å². The maximum absolute atomic E-state index is 12.3. The third kappa shape index (κ3) is 3.57. The second-order valence-corrected chi connectivity index (χ2v) is 8.25. The molecular formula is C12H14BrN3O2S2. The summed E-state index contributed by atoms with van der Waals surface area (Å²) < 4.78 is 27.8. The molecule has 0 saturated carbocycles. The zero-order valence-corrected chi connectivity index (χ0v) is 14.1. The summed E-state index contributed by atoms with van der Waals surface area (Å²) in [5.41, 5.74) is 0.913. The highest BCUT2D eigenvalue weighted by atomic mass is 79.9. The molecule has 1 atom stereocenters. The monoisotopic (exact) mass is 375 g/mol. The van der Waals surface area contributed by atoms with Crippen molar-refractivity contribution in [2.24, 2.45) is 0 Å². The van der Waals surface area contributed by atoms with Gasteiger partial charge in [-0.3, -0.25) is 4.72 Å². The lowest BCUT2D eigenvalue weighted by Gasteiger charge is -2.12. The number of nitrogens with one attached hydrogen (secondary N) is 2. The van der Waals surface area contributed by atoms with Gasteiger partial charge in [-0.15, -0.1) is 0 Å². The Morgan fingerprint density at radius 3 is 2.75 bits per heavy atom. The van der Waals surface area contributed by atoms with Crippen LogP contribution in [0, 0.1) is 0 Å². The van der Waals surface area contributed by atoms with Crippen molar-refractivity contribution < 1.29 is 8.42 Å². The number of rotatable bonds is 5. The molecule has 0 aliphatic heterocycles. The Kier molecular flexibility index (Phi) is 4.79. The molecule has 2 rings (SSSR count). The standard InChI is InChI=1S/C12H14BrN3O2S2/c1-8(14-2)9-4-3-5-10(6-9)20(17,18)16-12-15-7-11(13)19-12/h3-8,14H,1-2H3,(H,15,16). The van der Waals surface area contributed by atoms with Crippen molar-refractivity contribution in [1.82, 2.24) is 10.3 Å². The largest absolute Gasteiger partial charge is 0.313 e. The van der Waals surface area contributed by atoms with E-state index < -0.39 is 10.0 Å². The fourth-order valence-electron chi connectivity index (χ4n) is 1.59. The van der Waals surface area contributed by atoms with E-state index in [9.17, 15) is 8.42 Å². The molecule has 0 fully saturated rings. The number of halogens is 1. The molecule has 0 aliphatic rings. The molecule has 0 amide bonds. The molecule has 1 aromatic carbocycles. The SMILES string of the molecule is CNC(C)c1cccc(S(=O)(=O)Nc2ncc(Br)s2)c1. The number of benzene rings is 1. The van der Waals surface area contributed by atoms with E-state index in [0.29, 0.717) is 5.13 Å². The van der Waals surface area contributed by atoms with E-state index in [1.54, 1.807) is 24.4 Å². The zero-order valence-electron chi connectivity index (χ0n) is 10.9. The highest BCUT2D eigenvalue weighted by molar-refractivity contribution is 9.11. The van der Waals surface area contributed by atoms with Crippen LogP contribution < -0.4 is 10.0 Å². The average molecular weight is 376 g/mol. The lowest BCUT2D eigenvalue weighted by atomic mass is 10.1. The van der Waals surface area contributed by atoms with Gasteiger partial charge in [0.1, 0.15) is 0 Å². The second-order valence-electron chi connectivity index (χ2n) is 4.16. The number of nitrogens with zero attached hydrogens (tertiary/aromatic N) is 1. The molecular weight excluding hydrogens is 362 g/mol. The third-order valence-electron chi connectivity index (χ3n) is 2.80. The lowest BCUT2D eigenvalue weighted by Crippen LogP contribution is -2.15. The molecule has 1 heterocycles. The topological polar surface area (TPSA) is 71.1 Å². The van der Waals surface area contributed by atoms with Gasteiger partial charge in [0.15, 0.2) is 5.13 Å². The van der Waals surface area contributed by atoms with Crippen molar-refractivity contribution in [3.63, 3.8) is 0 Å². The first-order valence-corrected chi connectivity index (χ1v) is 8.93. The normalized spacial score (nSPS) is 13.2. The Balaban J connectivity index is 2.29. The minimum absolute atomic E-state index is 0.0826. The van der Waals surface area contributed by atoms with Crippen molar-refractivity contribution in [2.75, 3.05) is 11.8 Å². The van der Waals surface area contributed by atoms with Crippen molar-refractivity contribution >= 4 is 42.4 Å². The molecule has 0 bridgehead atoms. The summed E-state index contributed by atoms with van der Waals surface area (Å²) in [6.07, 6.45) is 1.56. The number of aromatic nitrogens is 1. The predicted molar refractivity (Wildman–Crippen MR) is 84.5 cm³/mol. The highest BCUT2D eigenvalue weighted by Gasteiger charge is 2.17. The number of anilines is 1. The molecule has 20 heavy (non-hydrogen) atoms. The Bertz CT molecular complexity index is 700. The first kappa shape index (κ1) is 15.4. The van der Waals surface area contributed by atoms with Crippen LogP contribution in [-0.4, -0.2) is 20.4 Å². The van der Waals surface area contributed by atoms with E-state index in [1.807, 2.05) is 20.0 Å². The summed E-state index contributed by atoms with van der Waals surface area (Å²) in [6.45, 7) is 1.97. The first-order valence-electron chi connectivity index (χ1n) is 5.84. The van der Waals surface area contributed by atoms with Gasteiger partial charge in [0.2, 0.25) is 0 Å². The average Bonchev–Trinajstić information content (AvgIpc) is 2.82. The molecule has 108 valence electrons. The summed E-state index contributed by atoms with van der Waals surface area (Å²) in [4.78, 5) is 4.19. The molecule has 1 unspecified atom stereocenters. The van der Waals surface area contributed by atoms with Crippen LogP contribution in [0.2, 0.25) is 0 Å². The number of sulfonamides is 1. The first-order chi connectivity index (χ1) is 9.42. The Morgan fingerprint density at radius 2 is 2.15 bits per heavy atom. The fraction of sp³-hybridized carbons (Fsp3) is 0.250.